The van der Waals surface area contributed by atoms with Crippen molar-refractivity contribution in [3.8, 4) is 0 Å². The first-order valence-electron chi connectivity index (χ1n) is 6.06. The van der Waals surface area contributed by atoms with E-state index in [4.69, 9.17) is 0 Å². The van der Waals surface area contributed by atoms with Gasteiger partial charge in [-0.2, -0.15) is 13.2 Å². The van der Waals surface area contributed by atoms with Crippen molar-refractivity contribution >= 4 is 27.8 Å². The third kappa shape index (κ3) is 3.76. The summed E-state index contributed by atoms with van der Waals surface area (Å²) >= 11 is 3.20. The van der Waals surface area contributed by atoms with Crippen molar-refractivity contribution in [1.82, 2.24) is 4.98 Å². The molecule has 1 aromatic carbocycles. The fourth-order valence-corrected chi connectivity index (χ4v) is 2.26. The minimum absolute atomic E-state index is 0.108. The molecule has 2 aromatic rings. The van der Waals surface area contributed by atoms with E-state index >= 15 is 0 Å². The maximum atomic E-state index is 12.5. The number of benzene rings is 1. The van der Waals surface area contributed by atoms with Crippen molar-refractivity contribution < 1.29 is 23.1 Å². The van der Waals surface area contributed by atoms with Crippen molar-refractivity contribution in [3.63, 3.8) is 0 Å². The molecule has 0 aliphatic rings. The van der Waals surface area contributed by atoms with Crippen LogP contribution in [0.3, 0.4) is 0 Å². The van der Waals surface area contributed by atoms with E-state index in [0.29, 0.717) is 10.0 Å². The van der Waals surface area contributed by atoms with Crippen LogP contribution in [0.25, 0.3) is 0 Å². The van der Waals surface area contributed by atoms with Gasteiger partial charge in [0.15, 0.2) is 5.82 Å². The van der Waals surface area contributed by atoms with Gasteiger partial charge < -0.3 is 5.11 Å². The fraction of sp³-hybridized carbons (Fsp3) is 0.143. The van der Waals surface area contributed by atoms with Crippen LogP contribution in [0.4, 0.5) is 23.8 Å². The van der Waals surface area contributed by atoms with Crippen molar-refractivity contribution in [3.05, 3.63) is 58.2 Å². The lowest BCUT2D eigenvalue weighted by atomic mass is 10.1. The van der Waals surface area contributed by atoms with Gasteiger partial charge in [0, 0.05) is 6.20 Å². The van der Waals surface area contributed by atoms with Crippen molar-refractivity contribution in [2.75, 3.05) is 4.90 Å². The lowest BCUT2D eigenvalue weighted by Crippen LogP contribution is -2.29. The summed E-state index contributed by atoms with van der Waals surface area (Å²) in [6, 6.07) is 7.59. The van der Waals surface area contributed by atoms with Crippen LogP contribution < -0.4 is 4.90 Å². The van der Waals surface area contributed by atoms with Gasteiger partial charge in [0.1, 0.15) is 0 Å². The number of amides is 1. The Labute approximate surface area is 132 Å². The van der Waals surface area contributed by atoms with Gasteiger partial charge in [0.2, 0.25) is 0 Å². The quantitative estimate of drug-likeness (QED) is 0.857. The summed E-state index contributed by atoms with van der Waals surface area (Å²) in [5, 5.41) is 9.28. The third-order valence-corrected chi connectivity index (χ3v) is 3.47. The molecule has 1 amide bonds. The normalized spacial score (nSPS) is 11.3. The molecule has 0 atom stereocenters. The van der Waals surface area contributed by atoms with Crippen molar-refractivity contribution in [1.29, 1.82) is 0 Å². The second kappa shape index (κ2) is 6.35. The van der Waals surface area contributed by atoms with E-state index in [1.807, 2.05) is 0 Å². The Bertz CT molecular complexity index is 675. The van der Waals surface area contributed by atoms with E-state index in [9.17, 15) is 23.1 Å². The standard InChI is InChI=1S/C14H10BrF3N2O2/c15-11-2-1-7-19-12(11)20(13(21)22)8-9-3-5-10(6-4-9)14(16,17)18/h1-7H,8H2,(H,21,22). The molecule has 116 valence electrons. The van der Waals surface area contributed by atoms with Crippen LogP contribution in [0.5, 0.6) is 0 Å². The van der Waals surface area contributed by atoms with Crippen LogP contribution in [0.2, 0.25) is 0 Å². The van der Waals surface area contributed by atoms with E-state index in [1.165, 1.54) is 18.3 Å². The molecular formula is C14H10BrF3N2O2. The Morgan fingerprint density at radius 1 is 1.23 bits per heavy atom. The van der Waals surface area contributed by atoms with Crippen LogP contribution >= 0.6 is 15.9 Å². The van der Waals surface area contributed by atoms with Crippen LogP contribution in [0.1, 0.15) is 11.1 Å². The van der Waals surface area contributed by atoms with Gasteiger partial charge in [0.05, 0.1) is 16.6 Å². The van der Waals surface area contributed by atoms with E-state index in [1.54, 1.807) is 12.1 Å². The van der Waals surface area contributed by atoms with Gasteiger partial charge in [-0.15, -0.1) is 0 Å². The zero-order chi connectivity index (χ0) is 16.3. The molecular weight excluding hydrogens is 365 g/mol. The molecule has 4 nitrogen and oxygen atoms in total. The van der Waals surface area contributed by atoms with Crippen LogP contribution in [-0.4, -0.2) is 16.2 Å². The highest BCUT2D eigenvalue weighted by molar-refractivity contribution is 9.10. The second-order valence-electron chi connectivity index (χ2n) is 4.37. The smallest absolute Gasteiger partial charge is 0.416 e. The van der Waals surface area contributed by atoms with Crippen LogP contribution in [-0.2, 0) is 12.7 Å². The number of aromatic nitrogens is 1. The molecule has 1 heterocycles. The molecule has 0 aliphatic heterocycles. The largest absolute Gasteiger partial charge is 0.465 e. The fourth-order valence-electron chi connectivity index (χ4n) is 1.79. The van der Waals surface area contributed by atoms with Gasteiger partial charge in [0.25, 0.3) is 0 Å². The number of nitrogens with zero attached hydrogens (tertiary/aromatic N) is 2. The predicted octanol–water partition coefficient (Wildman–Crippen LogP) is 4.55. The highest BCUT2D eigenvalue weighted by Crippen LogP contribution is 2.30. The van der Waals surface area contributed by atoms with Crippen molar-refractivity contribution in [2.24, 2.45) is 0 Å². The predicted molar refractivity (Wildman–Crippen MR) is 77.6 cm³/mol. The Kier molecular flexibility index (Phi) is 4.70. The Hall–Kier alpha value is -2.09. The summed E-state index contributed by atoms with van der Waals surface area (Å²) in [6.07, 6.45) is -4.24. The van der Waals surface area contributed by atoms with Gasteiger partial charge in [-0.1, -0.05) is 12.1 Å². The van der Waals surface area contributed by atoms with Gasteiger partial charge in [-0.3, -0.25) is 4.90 Å². The molecule has 0 fully saturated rings. The zero-order valence-corrected chi connectivity index (χ0v) is 12.6. The lowest BCUT2D eigenvalue weighted by molar-refractivity contribution is -0.137. The van der Waals surface area contributed by atoms with E-state index in [0.717, 1.165) is 17.0 Å². The zero-order valence-electron chi connectivity index (χ0n) is 11.0. The molecule has 1 N–H and O–H groups in total. The molecule has 0 bridgehead atoms. The number of hydrogen-bond donors (Lipinski definition) is 1. The van der Waals surface area contributed by atoms with E-state index < -0.39 is 17.8 Å². The number of anilines is 1. The molecule has 0 saturated heterocycles. The monoisotopic (exact) mass is 374 g/mol. The van der Waals surface area contributed by atoms with Gasteiger partial charge in [-0.25, -0.2) is 9.78 Å². The summed E-state index contributed by atoms with van der Waals surface area (Å²) < 4.78 is 38.0. The summed E-state index contributed by atoms with van der Waals surface area (Å²) in [5.74, 6) is 0.176. The first-order chi connectivity index (χ1) is 10.3. The maximum absolute atomic E-state index is 12.5. The second-order valence-corrected chi connectivity index (χ2v) is 5.23. The molecule has 0 spiro atoms. The molecule has 8 heteroatoms. The first-order valence-corrected chi connectivity index (χ1v) is 6.85. The summed E-state index contributed by atoms with van der Waals surface area (Å²) in [7, 11) is 0. The number of carbonyl (C=O) groups is 1. The molecule has 0 radical (unpaired) electrons. The van der Waals surface area contributed by atoms with E-state index in [2.05, 4.69) is 20.9 Å². The lowest BCUT2D eigenvalue weighted by Gasteiger charge is -2.19. The summed E-state index contributed by atoms with van der Waals surface area (Å²) in [6.45, 7) is -0.108. The molecule has 0 saturated carbocycles. The average molecular weight is 375 g/mol. The molecule has 0 aliphatic carbocycles. The number of halogens is 4. The third-order valence-electron chi connectivity index (χ3n) is 2.85. The SMILES string of the molecule is O=C(O)N(Cc1ccc(C(F)(F)F)cc1)c1ncccc1Br. The summed E-state index contributed by atoms with van der Waals surface area (Å²) in [5.41, 5.74) is -0.356. The number of pyridine rings is 1. The highest BCUT2D eigenvalue weighted by atomic mass is 79.9. The Balaban J connectivity index is 2.26. The topological polar surface area (TPSA) is 53.4 Å². The first kappa shape index (κ1) is 16.3. The molecule has 2 rings (SSSR count). The van der Waals surface area contributed by atoms with Crippen LogP contribution in [0, 0.1) is 0 Å². The minimum atomic E-state index is -4.42. The number of carboxylic acid groups (broad SMARTS) is 1. The van der Waals surface area contributed by atoms with Crippen molar-refractivity contribution in [2.45, 2.75) is 12.7 Å². The minimum Gasteiger partial charge on any atom is -0.465 e. The molecule has 1 aromatic heterocycles. The summed E-state index contributed by atoms with van der Waals surface area (Å²) in [4.78, 5) is 16.3. The molecule has 22 heavy (non-hydrogen) atoms. The molecule has 0 unspecified atom stereocenters. The van der Waals surface area contributed by atoms with Gasteiger partial charge >= 0.3 is 12.3 Å². The van der Waals surface area contributed by atoms with Gasteiger partial charge in [-0.05, 0) is 45.8 Å². The van der Waals surface area contributed by atoms with Crippen LogP contribution in [0.15, 0.2) is 47.1 Å². The Morgan fingerprint density at radius 3 is 2.36 bits per heavy atom. The highest BCUT2D eigenvalue weighted by Gasteiger charge is 2.30. The average Bonchev–Trinajstić information content (AvgIpc) is 2.45. The van der Waals surface area contributed by atoms with E-state index in [-0.39, 0.29) is 12.4 Å². The number of alkyl halides is 3. The Morgan fingerprint density at radius 2 is 1.86 bits per heavy atom. The number of hydrogen-bond acceptors (Lipinski definition) is 2. The maximum Gasteiger partial charge on any atom is 0.416 e. The number of rotatable bonds is 3.